The summed E-state index contributed by atoms with van der Waals surface area (Å²) in [5.74, 6) is 0.902. The molecule has 1 aliphatic rings. The monoisotopic (exact) mass is 424 g/mol. The molecule has 0 saturated heterocycles. The first-order chi connectivity index (χ1) is 11.6. The molecular weight excluding hydrogens is 408 g/mol. The van der Waals surface area contributed by atoms with Crippen LogP contribution in [0.3, 0.4) is 0 Å². The second kappa shape index (κ2) is 7.72. The number of fused-ring (bicyclic) bond motifs is 1. The lowest BCUT2D eigenvalue weighted by Crippen LogP contribution is -2.34. The highest BCUT2D eigenvalue weighted by Crippen LogP contribution is 2.32. The number of nitrogens with one attached hydrogen (secondary N) is 2. The van der Waals surface area contributed by atoms with Crippen molar-refractivity contribution in [3.63, 3.8) is 0 Å². The molecule has 2 aromatic carbocycles. The number of aryl methyl sites for hydroxylation is 1. The summed E-state index contributed by atoms with van der Waals surface area (Å²) in [6.45, 7) is 0. The third-order valence-electron chi connectivity index (χ3n) is 4.15. The first-order valence-corrected chi connectivity index (χ1v) is 9.34. The molecule has 1 aliphatic carbocycles. The van der Waals surface area contributed by atoms with E-state index in [9.17, 15) is 0 Å². The molecule has 0 aromatic heterocycles. The van der Waals surface area contributed by atoms with Crippen LogP contribution in [0.1, 0.15) is 30.0 Å². The lowest BCUT2D eigenvalue weighted by Gasteiger charge is -2.28. The Morgan fingerprint density at radius 3 is 2.88 bits per heavy atom. The number of hydrogen-bond acceptors (Lipinski definition) is 2. The van der Waals surface area contributed by atoms with Gasteiger partial charge in [0.05, 0.1) is 18.2 Å². The number of ether oxygens (including phenoxy) is 1. The van der Waals surface area contributed by atoms with E-state index >= 15 is 0 Å². The fourth-order valence-electron chi connectivity index (χ4n) is 2.97. The number of methoxy groups -OCH3 is 1. The van der Waals surface area contributed by atoms with Crippen LogP contribution >= 0.6 is 39.7 Å². The Hall–Kier alpha value is -1.30. The van der Waals surface area contributed by atoms with Crippen LogP contribution in [-0.4, -0.2) is 12.2 Å². The molecule has 2 aromatic rings. The Balaban J connectivity index is 1.70. The van der Waals surface area contributed by atoms with E-state index in [2.05, 4.69) is 38.7 Å². The van der Waals surface area contributed by atoms with Crippen LogP contribution < -0.4 is 15.4 Å². The van der Waals surface area contributed by atoms with Gasteiger partial charge in [0.2, 0.25) is 0 Å². The minimum absolute atomic E-state index is 0.213. The van der Waals surface area contributed by atoms with E-state index < -0.39 is 0 Å². The number of benzene rings is 2. The van der Waals surface area contributed by atoms with Crippen molar-refractivity contribution in [1.82, 2.24) is 5.32 Å². The number of halogens is 2. The van der Waals surface area contributed by atoms with Crippen LogP contribution in [0.4, 0.5) is 5.69 Å². The molecule has 1 atom stereocenters. The topological polar surface area (TPSA) is 33.3 Å². The predicted octanol–water partition coefficient (Wildman–Crippen LogP) is 5.48. The van der Waals surface area contributed by atoms with E-state index in [4.69, 9.17) is 28.6 Å². The van der Waals surface area contributed by atoms with Crippen molar-refractivity contribution in [2.45, 2.75) is 25.3 Å². The fourth-order valence-corrected chi connectivity index (χ4v) is 3.65. The van der Waals surface area contributed by atoms with Gasteiger partial charge in [-0.3, -0.25) is 0 Å². The average Bonchev–Trinajstić information content (AvgIpc) is 2.58. The summed E-state index contributed by atoms with van der Waals surface area (Å²) in [4.78, 5) is 0. The van der Waals surface area contributed by atoms with Crippen molar-refractivity contribution in [3.05, 3.63) is 57.0 Å². The fraction of sp³-hybridized carbons (Fsp3) is 0.278. The molecular formula is C18H18BrClN2OS. The van der Waals surface area contributed by atoms with Crippen LogP contribution in [0.15, 0.2) is 40.9 Å². The number of hydrogen-bond donors (Lipinski definition) is 2. The Labute approximate surface area is 160 Å². The maximum absolute atomic E-state index is 6.12. The molecule has 0 radical (unpaired) electrons. The van der Waals surface area contributed by atoms with E-state index in [0.717, 1.165) is 35.2 Å². The zero-order valence-electron chi connectivity index (χ0n) is 13.2. The van der Waals surface area contributed by atoms with E-state index in [1.165, 1.54) is 11.1 Å². The van der Waals surface area contributed by atoms with Crippen LogP contribution in [0.5, 0.6) is 5.75 Å². The molecule has 6 heteroatoms. The molecule has 3 nitrogen and oxygen atoms in total. The predicted molar refractivity (Wildman–Crippen MR) is 107 cm³/mol. The van der Waals surface area contributed by atoms with Crippen molar-refractivity contribution in [3.8, 4) is 5.75 Å². The molecule has 3 rings (SSSR count). The van der Waals surface area contributed by atoms with Crippen molar-refractivity contribution in [2.24, 2.45) is 0 Å². The molecule has 0 heterocycles. The Bertz CT molecular complexity index is 769. The van der Waals surface area contributed by atoms with E-state index in [1.54, 1.807) is 7.11 Å². The zero-order chi connectivity index (χ0) is 17.1. The number of rotatable bonds is 3. The first kappa shape index (κ1) is 17.5. The molecule has 24 heavy (non-hydrogen) atoms. The van der Waals surface area contributed by atoms with Crippen LogP contribution in [0.2, 0.25) is 5.02 Å². The van der Waals surface area contributed by atoms with Crippen LogP contribution in [-0.2, 0) is 6.42 Å². The van der Waals surface area contributed by atoms with Gasteiger partial charge in [-0.2, -0.15) is 0 Å². The molecule has 0 aliphatic heterocycles. The second-order valence-corrected chi connectivity index (χ2v) is 7.41. The lowest BCUT2D eigenvalue weighted by molar-refractivity contribution is 0.412. The standard InChI is InChI=1S/C18H18BrClN2OS/c1-23-13-6-7-14-11(9-13)3-2-4-17(14)22-18(24)21-12-5-8-15(19)16(20)10-12/h5-10,17H,2-4H2,1H3,(H2,21,22,24). The second-order valence-electron chi connectivity index (χ2n) is 5.74. The summed E-state index contributed by atoms with van der Waals surface area (Å²) in [7, 11) is 1.70. The average molecular weight is 426 g/mol. The quantitative estimate of drug-likeness (QED) is 0.638. The Morgan fingerprint density at radius 2 is 2.12 bits per heavy atom. The van der Waals surface area contributed by atoms with Gasteiger partial charge in [0, 0.05) is 10.2 Å². The number of thiocarbonyl (C=S) groups is 1. The van der Waals surface area contributed by atoms with Gasteiger partial charge >= 0.3 is 0 Å². The summed E-state index contributed by atoms with van der Waals surface area (Å²) in [6.07, 6.45) is 3.26. The smallest absolute Gasteiger partial charge is 0.171 e. The van der Waals surface area contributed by atoms with Crippen molar-refractivity contribution in [2.75, 3.05) is 12.4 Å². The van der Waals surface area contributed by atoms with Gasteiger partial charge in [-0.1, -0.05) is 17.7 Å². The minimum atomic E-state index is 0.213. The molecule has 0 spiro atoms. The summed E-state index contributed by atoms with van der Waals surface area (Å²) < 4.78 is 6.19. The first-order valence-electron chi connectivity index (χ1n) is 7.76. The largest absolute Gasteiger partial charge is 0.497 e. The molecule has 126 valence electrons. The molecule has 0 fully saturated rings. The van der Waals surface area contributed by atoms with Gasteiger partial charge in [-0.05, 0) is 88.9 Å². The van der Waals surface area contributed by atoms with Crippen molar-refractivity contribution < 1.29 is 4.74 Å². The molecule has 0 amide bonds. The van der Waals surface area contributed by atoms with Gasteiger partial charge in [0.1, 0.15) is 5.75 Å². The summed E-state index contributed by atoms with van der Waals surface area (Å²) in [5.41, 5.74) is 3.49. The molecule has 0 bridgehead atoms. The highest BCUT2D eigenvalue weighted by molar-refractivity contribution is 9.10. The highest BCUT2D eigenvalue weighted by Gasteiger charge is 2.21. The maximum atomic E-state index is 6.12. The number of anilines is 1. The van der Waals surface area contributed by atoms with Crippen LogP contribution in [0, 0.1) is 0 Å². The van der Waals surface area contributed by atoms with Gasteiger partial charge < -0.3 is 15.4 Å². The van der Waals surface area contributed by atoms with Gasteiger partial charge in [-0.15, -0.1) is 0 Å². The van der Waals surface area contributed by atoms with Crippen molar-refractivity contribution >= 4 is 50.5 Å². The Morgan fingerprint density at radius 1 is 1.29 bits per heavy atom. The zero-order valence-corrected chi connectivity index (χ0v) is 16.4. The SMILES string of the molecule is COc1ccc2c(c1)CCCC2NC(=S)Nc1ccc(Br)c(Cl)c1. The van der Waals surface area contributed by atoms with Crippen LogP contribution in [0.25, 0.3) is 0 Å². The maximum Gasteiger partial charge on any atom is 0.171 e. The van der Waals surface area contributed by atoms with Gasteiger partial charge in [0.15, 0.2) is 5.11 Å². The normalized spacial score (nSPS) is 16.2. The minimum Gasteiger partial charge on any atom is -0.497 e. The van der Waals surface area contributed by atoms with Gasteiger partial charge in [0.25, 0.3) is 0 Å². The summed E-state index contributed by atoms with van der Waals surface area (Å²) >= 11 is 15.0. The Kier molecular flexibility index (Phi) is 5.64. The van der Waals surface area contributed by atoms with Gasteiger partial charge in [-0.25, -0.2) is 0 Å². The lowest BCUT2D eigenvalue weighted by atomic mass is 9.87. The molecule has 1 unspecified atom stereocenters. The van der Waals surface area contributed by atoms with E-state index in [0.29, 0.717) is 10.1 Å². The highest BCUT2D eigenvalue weighted by atomic mass is 79.9. The summed E-state index contributed by atoms with van der Waals surface area (Å²) in [6, 6.07) is 12.1. The molecule has 0 saturated carbocycles. The molecule has 2 N–H and O–H groups in total. The van der Waals surface area contributed by atoms with E-state index in [-0.39, 0.29) is 6.04 Å². The third kappa shape index (κ3) is 4.02. The summed E-state index contributed by atoms with van der Waals surface area (Å²) in [5, 5.41) is 7.87. The van der Waals surface area contributed by atoms with Crippen molar-refractivity contribution in [1.29, 1.82) is 0 Å². The van der Waals surface area contributed by atoms with E-state index in [1.807, 2.05) is 24.3 Å². The third-order valence-corrected chi connectivity index (χ3v) is 5.60.